The Hall–Kier alpha value is -2.46. The Labute approximate surface area is 157 Å². The molecule has 1 amide bonds. The van der Waals surface area contributed by atoms with Crippen LogP contribution >= 0.6 is 11.6 Å². The first-order valence-electron chi connectivity index (χ1n) is 8.80. The van der Waals surface area contributed by atoms with E-state index in [0.29, 0.717) is 11.3 Å². The molecule has 0 saturated carbocycles. The zero-order chi connectivity index (χ0) is 18.3. The lowest BCUT2D eigenvalue weighted by molar-refractivity contribution is 0.0930. The molecule has 2 N–H and O–H groups in total. The van der Waals surface area contributed by atoms with Crippen LogP contribution in [-0.4, -0.2) is 24.0 Å². The van der Waals surface area contributed by atoms with Gasteiger partial charge in [-0.3, -0.25) is 4.79 Å². The Morgan fingerprint density at radius 3 is 2.92 bits per heavy atom. The lowest BCUT2D eigenvalue weighted by atomic mass is 9.91. The second-order valence-electron chi connectivity index (χ2n) is 6.84. The van der Waals surface area contributed by atoms with Crippen LogP contribution in [0, 0.1) is 6.92 Å². The van der Waals surface area contributed by atoms with Gasteiger partial charge in [-0.1, -0.05) is 23.7 Å². The van der Waals surface area contributed by atoms with Crippen LogP contribution in [0.2, 0.25) is 5.02 Å². The van der Waals surface area contributed by atoms with Crippen molar-refractivity contribution in [1.29, 1.82) is 0 Å². The maximum absolute atomic E-state index is 12.7. The van der Waals surface area contributed by atoms with Crippen LogP contribution < -0.4 is 10.1 Å². The molecule has 3 aromatic rings. The molecule has 4 nitrogen and oxygen atoms in total. The van der Waals surface area contributed by atoms with Crippen LogP contribution in [0.5, 0.6) is 5.75 Å². The van der Waals surface area contributed by atoms with Gasteiger partial charge in [0.15, 0.2) is 0 Å². The number of amides is 1. The summed E-state index contributed by atoms with van der Waals surface area (Å²) in [6.45, 7) is 2.07. The average Bonchev–Trinajstić information content (AvgIpc) is 3.00. The minimum Gasteiger partial charge on any atom is -0.496 e. The van der Waals surface area contributed by atoms with Gasteiger partial charge in [0.2, 0.25) is 0 Å². The molecule has 1 aliphatic rings. The monoisotopic (exact) mass is 368 g/mol. The van der Waals surface area contributed by atoms with E-state index in [0.717, 1.165) is 35.4 Å². The summed E-state index contributed by atoms with van der Waals surface area (Å²) in [6, 6.07) is 11.4. The average molecular weight is 369 g/mol. The number of halogens is 1. The number of H-pyrrole nitrogens is 1. The number of carbonyl (C=O) groups excluding carboxylic acids is 1. The van der Waals surface area contributed by atoms with Gasteiger partial charge in [-0.15, -0.1) is 0 Å². The highest BCUT2D eigenvalue weighted by molar-refractivity contribution is 6.31. The zero-order valence-corrected chi connectivity index (χ0v) is 15.6. The number of carbonyl (C=O) groups is 1. The van der Waals surface area contributed by atoms with Crippen molar-refractivity contribution in [3.05, 3.63) is 63.8 Å². The molecular weight excluding hydrogens is 348 g/mol. The van der Waals surface area contributed by atoms with Gasteiger partial charge in [0.25, 0.3) is 5.91 Å². The summed E-state index contributed by atoms with van der Waals surface area (Å²) in [5.41, 5.74) is 5.39. The van der Waals surface area contributed by atoms with E-state index < -0.39 is 0 Å². The third-order valence-electron chi connectivity index (χ3n) is 5.15. The third kappa shape index (κ3) is 2.95. The van der Waals surface area contributed by atoms with E-state index in [4.69, 9.17) is 16.3 Å². The molecule has 0 radical (unpaired) electrons. The molecule has 1 heterocycles. The van der Waals surface area contributed by atoms with Crippen LogP contribution in [0.4, 0.5) is 0 Å². The van der Waals surface area contributed by atoms with Crippen molar-refractivity contribution in [1.82, 2.24) is 10.3 Å². The Balaban J connectivity index is 1.60. The van der Waals surface area contributed by atoms with Crippen LogP contribution in [0.15, 0.2) is 36.4 Å². The molecule has 0 bridgehead atoms. The minimum absolute atomic E-state index is 0.0926. The van der Waals surface area contributed by atoms with E-state index in [1.54, 1.807) is 19.2 Å². The van der Waals surface area contributed by atoms with Crippen molar-refractivity contribution in [2.45, 2.75) is 32.2 Å². The van der Waals surface area contributed by atoms with Gasteiger partial charge >= 0.3 is 0 Å². The number of methoxy groups -OCH3 is 1. The second kappa shape index (κ2) is 6.69. The van der Waals surface area contributed by atoms with Gasteiger partial charge in [-0.2, -0.15) is 0 Å². The Bertz CT molecular complexity index is 993. The molecule has 1 unspecified atom stereocenters. The van der Waals surface area contributed by atoms with Crippen LogP contribution in [0.3, 0.4) is 0 Å². The molecule has 0 saturated heterocycles. The van der Waals surface area contributed by atoms with Gasteiger partial charge in [0, 0.05) is 27.7 Å². The van der Waals surface area contributed by atoms with Crippen LogP contribution in [-0.2, 0) is 12.8 Å². The van der Waals surface area contributed by atoms with Crippen molar-refractivity contribution in [2.75, 3.05) is 7.11 Å². The molecule has 2 aromatic carbocycles. The van der Waals surface area contributed by atoms with Crippen molar-refractivity contribution < 1.29 is 9.53 Å². The van der Waals surface area contributed by atoms with E-state index in [1.807, 2.05) is 24.3 Å². The first-order valence-corrected chi connectivity index (χ1v) is 9.18. The fraction of sp³-hybridized carbons (Fsp3) is 0.286. The van der Waals surface area contributed by atoms with Gasteiger partial charge in [0.05, 0.1) is 12.7 Å². The fourth-order valence-electron chi connectivity index (χ4n) is 3.87. The topological polar surface area (TPSA) is 54.1 Å². The highest BCUT2D eigenvalue weighted by atomic mass is 35.5. The third-order valence-corrected chi connectivity index (χ3v) is 5.36. The number of aryl methyl sites for hydroxylation is 2. The Kier molecular flexibility index (Phi) is 4.37. The zero-order valence-electron chi connectivity index (χ0n) is 14.9. The number of fused-ring (bicyclic) bond motifs is 3. The molecule has 0 fully saturated rings. The molecule has 1 aliphatic carbocycles. The quantitative estimate of drug-likeness (QED) is 0.718. The van der Waals surface area contributed by atoms with E-state index in [-0.39, 0.29) is 11.9 Å². The summed E-state index contributed by atoms with van der Waals surface area (Å²) < 4.78 is 5.30. The molecular formula is C21H21ClN2O2. The molecule has 5 heteroatoms. The first kappa shape index (κ1) is 17.0. The minimum atomic E-state index is -0.0926. The SMILES string of the molecule is COc1ccccc1C(=O)NC1CCc2[nH]c3c(C)cc(Cl)cc3c2C1. The van der Waals surface area contributed by atoms with E-state index in [1.165, 1.54) is 16.6 Å². The summed E-state index contributed by atoms with van der Waals surface area (Å²) in [4.78, 5) is 16.2. The maximum atomic E-state index is 12.7. The van der Waals surface area contributed by atoms with E-state index in [9.17, 15) is 4.79 Å². The highest BCUT2D eigenvalue weighted by Crippen LogP contribution is 2.33. The number of hydrogen-bond donors (Lipinski definition) is 2. The number of rotatable bonds is 3. The number of aromatic amines is 1. The second-order valence-corrected chi connectivity index (χ2v) is 7.28. The normalized spacial score (nSPS) is 16.3. The number of nitrogens with one attached hydrogen (secondary N) is 2. The Morgan fingerprint density at radius 1 is 1.31 bits per heavy atom. The summed E-state index contributed by atoms with van der Waals surface area (Å²) in [5, 5.41) is 5.08. The van der Waals surface area contributed by atoms with Gasteiger partial charge in [-0.25, -0.2) is 0 Å². The van der Waals surface area contributed by atoms with E-state index in [2.05, 4.69) is 17.2 Å². The predicted molar refractivity (Wildman–Crippen MR) is 104 cm³/mol. The van der Waals surface area contributed by atoms with Crippen LogP contribution in [0.25, 0.3) is 10.9 Å². The van der Waals surface area contributed by atoms with Gasteiger partial charge in [0.1, 0.15) is 5.75 Å². The molecule has 0 aliphatic heterocycles. The number of ether oxygens (including phenoxy) is 1. The first-order chi connectivity index (χ1) is 12.6. The van der Waals surface area contributed by atoms with Crippen molar-refractivity contribution in [2.24, 2.45) is 0 Å². The number of benzene rings is 2. The lowest BCUT2D eigenvalue weighted by Gasteiger charge is -2.24. The fourth-order valence-corrected chi connectivity index (χ4v) is 4.14. The lowest BCUT2D eigenvalue weighted by Crippen LogP contribution is -2.38. The van der Waals surface area contributed by atoms with Gasteiger partial charge in [-0.05, 0) is 61.6 Å². The van der Waals surface area contributed by atoms with Crippen LogP contribution in [0.1, 0.15) is 33.6 Å². The summed E-state index contributed by atoms with van der Waals surface area (Å²) in [6.07, 6.45) is 2.63. The summed E-state index contributed by atoms with van der Waals surface area (Å²) in [5.74, 6) is 0.501. The molecule has 0 spiro atoms. The smallest absolute Gasteiger partial charge is 0.255 e. The molecule has 1 aromatic heterocycles. The largest absolute Gasteiger partial charge is 0.496 e. The molecule has 1 atom stereocenters. The number of hydrogen-bond acceptors (Lipinski definition) is 2. The van der Waals surface area contributed by atoms with Crippen molar-refractivity contribution in [3.63, 3.8) is 0 Å². The highest BCUT2D eigenvalue weighted by Gasteiger charge is 2.25. The molecule has 26 heavy (non-hydrogen) atoms. The van der Waals surface area contributed by atoms with Crippen molar-refractivity contribution in [3.8, 4) is 5.75 Å². The summed E-state index contributed by atoms with van der Waals surface area (Å²) >= 11 is 6.26. The van der Waals surface area contributed by atoms with Crippen molar-refractivity contribution >= 4 is 28.4 Å². The van der Waals surface area contributed by atoms with E-state index >= 15 is 0 Å². The molecule has 134 valence electrons. The number of para-hydroxylation sites is 1. The Morgan fingerprint density at radius 2 is 2.12 bits per heavy atom. The predicted octanol–water partition coefficient (Wildman–Crippen LogP) is 4.43. The molecule has 4 rings (SSSR count). The summed E-state index contributed by atoms with van der Waals surface area (Å²) in [7, 11) is 1.58. The maximum Gasteiger partial charge on any atom is 0.255 e. The standard InChI is InChI=1S/C21H21ClN2O2/c1-12-9-13(22)10-17-16-11-14(7-8-18(16)24-20(12)17)23-21(25)15-5-3-4-6-19(15)26-2/h3-6,9-10,14,24H,7-8,11H2,1-2H3,(H,23,25). The number of aromatic nitrogens is 1. The van der Waals surface area contributed by atoms with Gasteiger partial charge < -0.3 is 15.0 Å².